The first-order valence-corrected chi connectivity index (χ1v) is 25.1. The zero-order chi connectivity index (χ0) is 43.9. The van der Waals surface area contributed by atoms with E-state index >= 15 is 4.79 Å². The number of fused-ring (bicyclic) bond motifs is 5. The molecule has 0 radical (unpaired) electrons. The number of nitrogens with one attached hydrogen (secondary N) is 4. The maximum Gasteiger partial charge on any atom is 0.408 e. The molecule has 16 heteroatoms. The highest BCUT2D eigenvalue weighted by molar-refractivity contribution is 7.91. The number of nitrogens with zero attached hydrogens (tertiary/aromatic N) is 2. The molecule has 63 heavy (non-hydrogen) atoms. The summed E-state index contributed by atoms with van der Waals surface area (Å²) in [6, 6.07) is 6.39. The summed E-state index contributed by atoms with van der Waals surface area (Å²) in [7, 11) is -4.00. The molecule has 15 nitrogen and oxygen atoms in total. The summed E-state index contributed by atoms with van der Waals surface area (Å²) in [5.41, 5.74) is -0.00334. The van der Waals surface area contributed by atoms with Crippen molar-refractivity contribution in [3.05, 3.63) is 42.5 Å². The molecule has 1 saturated heterocycles. The van der Waals surface area contributed by atoms with Gasteiger partial charge in [0.1, 0.15) is 35.6 Å². The number of carbonyl (C=O) groups excluding carboxylic acids is 4. The largest absolute Gasteiger partial charge is 0.492 e. The van der Waals surface area contributed by atoms with E-state index in [4.69, 9.17) is 19.2 Å². The van der Waals surface area contributed by atoms with Gasteiger partial charge in [0.05, 0.1) is 29.0 Å². The van der Waals surface area contributed by atoms with Gasteiger partial charge in [-0.1, -0.05) is 50.3 Å². The Morgan fingerprint density at radius 1 is 1.00 bits per heavy atom. The summed E-state index contributed by atoms with van der Waals surface area (Å²) in [5, 5.41) is 10.3. The molecule has 9 rings (SSSR count). The van der Waals surface area contributed by atoms with Crippen molar-refractivity contribution in [2.24, 2.45) is 17.8 Å². The molecule has 4 amide bonds. The van der Waals surface area contributed by atoms with Gasteiger partial charge in [0.25, 0.3) is 5.91 Å². The van der Waals surface area contributed by atoms with Crippen LogP contribution in [0.1, 0.15) is 122 Å². The number of amides is 4. The first-order valence-electron chi connectivity index (χ1n) is 23.6. The molecule has 5 aliphatic carbocycles. The Labute approximate surface area is 370 Å². The van der Waals surface area contributed by atoms with Crippen LogP contribution in [-0.2, 0) is 35.6 Å². The van der Waals surface area contributed by atoms with Crippen LogP contribution < -0.4 is 30.1 Å². The van der Waals surface area contributed by atoms with Crippen molar-refractivity contribution >= 4 is 44.7 Å². The summed E-state index contributed by atoms with van der Waals surface area (Å²) >= 11 is 0. The van der Waals surface area contributed by atoms with Gasteiger partial charge in [0.15, 0.2) is 0 Å². The highest BCUT2D eigenvalue weighted by atomic mass is 32.2. The van der Waals surface area contributed by atoms with Crippen LogP contribution in [0, 0.1) is 17.8 Å². The minimum atomic E-state index is -4.00. The Morgan fingerprint density at radius 3 is 2.48 bits per heavy atom. The third kappa shape index (κ3) is 9.53. The molecule has 342 valence electrons. The molecule has 7 atom stereocenters. The third-order valence-corrected chi connectivity index (χ3v) is 16.9. The molecule has 2 aliphatic heterocycles. The summed E-state index contributed by atoms with van der Waals surface area (Å²) in [6.07, 6.45) is 13.8. The molecule has 3 heterocycles. The number of hydrogen-bond donors (Lipinski definition) is 4. The second-order valence-electron chi connectivity index (χ2n) is 19.6. The molecular weight excluding hydrogens is 825 g/mol. The van der Waals surface area contributed by atoms with Gasteiger partial charge in [0, 0.05) is 23.8 Å². The van der Waals surface area contributed by atoms with E-state index in [9.17, 15) is 22.8 Å². The average Bonchev–Trinajstić information content (AvgIpc) is 4.11. The molecule has 2 bridgehead atoms. The van der Waals surface area contributed by atoms with Crippen LogP contribution in [0.3, 0.4) is 0 Å². The zero-order valence-electron chi connectivity index (χ0n) is 36.5. The molecule has 6 fully saturated rings. The Morgan fingerprint density at radius 2 is 1.75 bits per heavy atom. The number of alkyl carbamates (subject to hydrolysis) is 1. The van der Waals surface area contributed by atoms with Gasteiger partial charge in [-0.3, -0.25) is 19.1 Å². The van der Waals surface area contributed by atoms with Crippen molar-refractivity contribution in [2.75, 3.05) is 19.7 Å². The van der Waals surface area contributed by atoms with Crippen molar-refractivity contribution < 1.29 is 41.8 Å². The van der Waals surface area contributed by atoms with Crippen LogP contribution in [0.5, 0.6) is 11.6 Å². The molecule has 1 aromatic heterocycles. The van der Waals surface area contributed by atoms with Crippen LogP contribution >= 0.6 is 0 Å². The van der Waals surface area contributed by atoms with Gasteiger partial charge in [-0.15, -0.1) is 6.58 Å². The smallest absolute Gasteiger partial charge is 0.408 e. The lowest BCUT2D eigenvalue weighted by Gasteiger charge is -2.34. The number of hydrogen-bond acceptors (Lipinski definition) is 11. The van der Waals surface area contributed by atoms with Crippen molar-refractivity contribution in [3.8, 4) is 11.6 Å². The summed E-state index contributed by atoms with van der Waals surface area (Å²) in [5.74, 6) is -1.15. The third-order valence-electron chi connectivity index (χ3n) is 14.8. The fourth-order valence-electron chi connectivity index (χ4n) is 10.1. The molecule has 2 aromatic rings. The predicted octanol–water partition coefficient (Wildman–Crippen LogP) is 5.34. The average molecular weight is 889 g/mol. The predicted molar refractivity (Wildman–Crippen MR) is 235 cm³/mol. The highest BCUT2D eigenvalue weighted by Gasteiger charge is 2.63. The molecule has 0 spiro atoms. The first-order chi connectivity index (χ1) is 30.4. The Bertz CT molecular complexity index is 2210. The fraction of sp³-hybridized carbons (Fsp3) is 0.681. The molecule has 4 N–H and O–H groups in total. The van der Waals surface area contributed by atoms with Gasteiger partial charge in [-0.05, 0) is 114 Å². The van der Waals surface area contributed by atoms with E-state index in [0.29, 0.717) is 43.3 Å². The maximum atomic E-state index is 15.1. The normalized spacial score (nSPS) is 30.8. The quantitative estimate of drug-likeness (QED) is 0.150. The van der Waals surface area contributed by atoms with Crippen molar-refractivity contribution in [1.82, 2.24) is 30.6 Å². The van der Waals surface area contributed by atoms with E-state index in [0.717, 1.165) is 93.9 Å². The summed E-state index contributed by atoms with van der Waals surface area (Å²) < 4.78 is 47.1. The number of carbonyl (C=O) groups is 4. The van der Waals surface area contributed by atoms with Crippen molar-refractivity contribution in [3.63, 3.8) is 0 Å². The van der Waals surface area contributed by atoms with E-state index in [1.807, 2.05) is 24.3 Å². The van der Waals surface area contributed by atoms with Gasteiger partial charge < -0.3 is 35.1 Å². The molecular formula is C47H64N6O9S. The standard InChI is InChI=1S/C47H64N6O9S/c1-3-31-27-47(31,44(56)52-63(58,59)46(2)21-22-46)51-41(54)37-26-33-28-53(37)43(55)39(29-13-6-4-7-14-29)50-45(57)62-38-25-30(38)15-8-5-9-17-35-40(60-24-12-23-48-32-19-20-32)34-16-10-11-18-36(34)49-42(35)61-33/h3,10-11,16,18,29-33,37-39,48H,1,4-9,12-15,17,19-28H2,2H3,(H,50,57)(H,51,54)(H,52,56)/t30-,31-,33-,37+,38-,39+,47-/m1/s1. The van der Waals surface area contributed by atoms with E-state index in [-0.39, 0.29) is 37.3 Å². The minimum absolute atomic E-state index is 0.00928. The van der Waals surface area contributed by atoms with Crippen molar-refractivity contribution in [1.29, 1.82) is 0 Å². The molecule has 1 aromatic carbocycles. The van der Waals surface area contributed by atoms with E-state index in [1.54, 1.807) is 13.0 Å². The van der Waals surface area contributed by atoms with Crippen molar-refractivity contribution in [2.45, 2.75) is 163 Å². The summed E-state index contributed by atoms with van der Waals surface area (Å²) in [4.78, 5) is 63.8. The lowest BCUT2D eigenvalue weighted by molar-refractivity contribution is -0.142. The van der Waals surface area contributed by atoms with Crippen LogP contribution in [0.15, 0.2) is 36.9 Å². The zero-order valence-corrected chi connectivity index (χ0v) is 37.4. The lowest BCUT2D eigenvalue weighted by atomic mass is 9.83. The number of ether oxygens (including phenoxy) is 3. The van der Waals surface area contributed by atoms with E-state index in [2.05, 4.69) is 27.3 Å². The van der Waals surface area contributed by atoms with Gasteiger partial charge >= 0.3 is 6.09 Å². The van der Waals surface area contributed by atoms with Gasteiger partial charge in [-0.2, -0.15) is 0 Å². The highest BCUT2D eigenvalue weighted by Crippen LogP contribution is 2.47. The van der Waals surface area contributed by atoms with Crippen LogP contribution in [0.2, 0.25) is 0 Å². The number of rotatable bonds is 13. The topological polar surface area (TPSA) is 194 Å². The second kappa shape index (κ2) is 17.9. The Hall–Kier alpha value is -4.44. The number of para-hydroxylation sites is 1. The van der Waals surface area contributed by atoms with Gasteiger partial charge in [-0.25, -0.2) is 18.2 Å². The first kappa shape index (κ1) is 43.8. The SMILES string of the molecule is C=C[C@@H]1C[C@]1(NC(=O)[C@@H]1C[C@@H]2CN1C(=O)[C@H](C1CCCCC1)NC(=O)O[C@@H]1C[C@H]1CCCCCc1c(nc3ccccc3c1OCCCNC1CC1)O2)C(=O)NS(=O)(=O)C1(C)CC1. The number of aromatic nitrogens is 1. The molecule has 5 saturated carbocycles. The van der Waals surface area contributed by atoms with Gasteiger partial charge in [0.2, 0.25) is 27.7 Å². The van der Waals surface area contributed by atoms with Crippen LogP contribution in [-0.4, -0.2) is 102 Å². The monoisotopic (exact) mass is 888 g/mol. The molecule has 0 unspecified atom stereocenters. The fourth-order valence-corrected chi connectivity index (χ4v) is 11.4. The van der Waals surface area contributed by atoms with E-state index in [1.165, 1.54) is 17.7 Å². The number of pyridine rings is 1. The molecule has 7 aliphatic rings. The number of sulfonamides is 1. The second-order valence-corrected chi connectivity index (χ2v) is 21.8. The van der Waals surface area contributed by atoms with Crippen LogP contribution in [0.25, 0.3) is 10.9 Å². The number of benzene rings is 1. The minimum Gasteiger partial charge on any atom is -0.492 e. The maximum absolute atomic E-state index is 15.1. The Kier molecular flexibility index (Phi) is 12.4. The van der Waals surface area contributed by atoms with E-state index < -0.39 is 68.2 Å². The summed E-state index contributed by atoms with van der Waals surface area (Å²) in [6.45, 7) is 6.83. The lowest BCUT2D eigenvalue weighted by Crippen LogP contribution is -2.59. The Balaban J connectivity index is 1.04. The van der Waals surface area contributed by atoms with Crippen LogP contribution in [0.4, 0.5) is 4.79 Å².